The fourth-order valence-electron chi connectivity index (χ4n) is 2.27. The number of thiazole rings is 1. The van der Waals surface area contributed by atoms with Crippen molar-refractivity contribution in [1.29, 1.82) is 0 Å². The molecule has 0 spiro atoms. The van der Waals surface area contributed by atoms with Crippen LogP contribution in [0.4, 0.5) is 9.93 Å². The molecule has 0 aromatic carbocycles. The minimum atomic E-state index is -0.598. The molecule has 1 aliphatic carbocycles. The van der Waals surface area contributed by atoms with E-state index in [0.717, 1.165) is 40.5 Å². The van der Waals surface area contributed by atoms with E-state index in [1.54, 1.807) is 0 Å². The molecule has 0 bridgehead atoms. The molecule has 2 aromatic rings. The topological polar surface area (TPSA) is 93.8 Å². The number of carbonyl (C=O) groups excluding carboxylic acids is 1. The summed E-state index contributed by atoms with van der Waals surface area (Å²) in [5, 5.41) is 3.06. The maximum atomic E-state index is 11.0. The van der Waals surface area contributed by atoms with Crippen LogP contribution in [0.25, 0.3) is 10.6 Å². The van der Waals surface area contributed by atoms with Gasteiger partial charge in [-0.2, -0.15) is 0 Å². The standard InChI is InChI=1S/C14H17N5OS/c1-14(2,3)11-16-6-7-4-5-8-10(9(7)18-11)21-13(17-8)19-12(15)20/h6H,4-5H2,1-3H3,(H3,15,17,19,20). The fourth-order valence-corrected chi connectivity index (χ4v) is 3.31. The molecule has 0 fully saturated rings. The molecule has 3 rings (SSSR count). The maximum absolute atomic E-state index is 11.0. The highest BCUT2D eigenvalue weighted by atomic mass is 32.1. The summed E-state index contributed by atoms with van der Waals surface area (Å²) in [7, 11) is 0. The van der Waals surface area contributed by atoms with E-state index < -0.39 is 6.03 Å². The number of hydrogen-bond acceptors (Lipinski definition) is 5. The highest BCUT2D eigenvalue weighted by Gasteiger charge is 2.26. The zero-order chi connectivity index (χ0) is 15.2. The number of aryl methyl sites for hydroxylation is 2. The van der Waals surface area contributed by atoms with Gasteiger partial charge in [-0.15, -0.1) is 0 Å². The zero-order valence-corrected chi connectivity index (χ0v) is 13.0. The van der Waals surface area contributed by atoms with E-state index in [9.17, 15) is 4.79 Å². The molecule has 0 radical (unpaired) electrons. The number of nitrogens with zero attached hydrogens (tertiary/aromatic N) is 3. The van der Waals surface area contributed by atoms with Crippen molar-refractivity contribution in [3.8, 4) is 10.6 Å². The smallest absolute Gasteiger partial charge is 0.318 e. The second-order valence-corrected chi connectivity index (χ2v) is 7.10. The number of amides is 2. The van der Waals surface area contributed by atoms with Crippen LogP contribution in [0.1, 0.15) is 37.9 Å². The van der Waals surface area contributed by atoms with E-state index in [1.165, 1.54) is 11.3 Å². The van der Waals surface area contributed by atoms with Gasteiger partial charge in [0.05, 0.1) is 16.3 Å². The fraction of sp³-hybridized carbons (Fsp3) is 0.429. The Kier molecular flexibility index (Phi) is 3.16. The Hall–Kier alpha value is -2.02. The second kappa shape index (κ2) is 4.77. The number of rotatable bonds is 1. The normalized spacial score (nSPS) is 13.5. The number of anilines is 1. The van der Waals surface area contributed by atoms with Crippen LogP contribution in [0.3, 0.4) is 0 Å². The summed E-state index contributed by atoms with van der Waals surface area (Å²) < 4.78 is 0. The Bertz CT molecular complexity index is 717. The van der Waals surface area contributed by atoms with E-state index in [2.05, 4.69) is 36.1 Å². The number of primary amides is 1. The molecule has 110 valence electrons. The summed E-state index contributed by atoms with van der Waals surface area (Å²) in [6.07, 6.45) is 3.61. The van der Waals surface area contributed by atoms with Gasteiger partial charge >= 0.3 is 6.03 Å². The highest BCUT2D eigenvalue weighted by Crippen LogP contribution is 2.38. The Labute approximate surface area is 126 Å². The Balaban J connectivity index is 2.08. The van der Waals surface area contributed by atoms with Gasteiger partial charge in [-0.25, -0.2) is 19.7 Å². The van der Waals surface area contributed by atoms with Crippen LogP contribution in [0.5, 0.6) is 0 Å². The van der Waals surface area contributed by atoms with Crippen molar-refractivity contribution >= 4 is 22.5 Å². The summed E-state index contributed by atoms with van der Waals surface area (Å²) in [6, 6.07) is -0.598. The van der Waals surface area contributed by atoms with Gasteiger partial charge in [0.15, 0.2) is 5.13 Å². The molecule has 21 heavy (non-hydrogen) atoms. The summed E-state index contributed by atoms with van der Waals surface area (Å²) >= 11 is 1.41. The summed E-state index contributed by atoms with van der Waals surface area (Å²) in [4.78, 5) is 25.6. The second-order valence-electron chi connectivity index (χ2n) is 6.10. The van der Waals surface area contributed by atoms with Crippen molar-refractivity contribution in [2.24, 2.45) is 5.73 Å². The van der Waals surface area contributed by atoms with E-state index in [-0.39, 0.29) is 5.41 Å². The lowest BCUT2D eigenvalue weighted by Crippen LogP contribution is -2.19. The summed E-state index contributed by atoms with van der Waals surface area (Å²) in [5.74, 6) is 0.812. The van der Waals surface area contributed by atoms with E-state index in [4.69, 9.17) is 10.7 Å². The number of fused-ring (bicyclic) bond motifs is 3. The van der Waals surface area contributed by atoms with Crippen LogP contribution in [0.2, 0.25) is 0 Å². The van der Waals surface area contributed by atoms with Crippen molar-refractivity contribution in [1.82, 2.24) is 15.0 Å². The highest BCUT2D eigenvalue weighted by molar-refractivity contribution is 7.19. The SMILES string of the molecule is CC(C)(C)c1ncc2c(n1)-c1sc(NC(N)=O)nc1CC2. The van der Waals surface area contributed by atoms with Crippen LogP contribution < -0.4 is 11.1 Å². The maximum Gasteiger partial charge on any atom is 0.318 e. The summed E-state index contributed by atoms with van der Waals surface area (Å²) in [5.41, 5.74) is 8.08. The van der Waals surface area contributed by atoms with E-state index >= 15 is 0 Å². The lowest BCUT2D eigenvalue weighted by Gasteiger charge is -2.20. The van der Waals surface area contributed by atoms with Crippen molar-refractivity contribution in [3.63, 3.8) is 0 Å². The first-order valence-electron chi connectivity index (χ1n) is 6.77. The predicted molar refractivity (Wildman–Crippen MR) is 82.5 cm³/mol. The van der Waals surface area contributed by atoms with Crippen molar-refractivity contribution < 1.29 is 4.79 Å². The molecular formula is C14H17N5OS. The Morgan fingerprint density at radius 1 is 1.33 bits per heavy atom. The molecule has 2 amide bonds. The minimum Gasteiger partial charge on any atom is -0.351 e. The van der Waals surface area contributed by atoms with Gasteiger partial charge < -0.3 is 5.73 Å². The molecule has 2 aromatic heterocycles. The van der Waals surface area contributed by atoms with Crippen LogP contribution in [0.15, 0.2) is 6.20 Å². The average molecular weight is 303 g/mol. The average Bonchev–Trinajstić information content (AvgIpc) is 2.78. The lowest BCUT2D eigenvalue weighted by molar-refractivity contribution is 0.259. The Morgan fingerprint density at radius 2 is 2.10 bits per heavy atom. The monoisotopic (exact) mass is 303 g/mol. The number of nitrogens with one attached hydrogen (secondary N) is 1. The van der Waals surface area contributed by atoms with Crippen LogP contribution in [-0.2, 0) is 18.3 Å². The number of nitrogens with two attached hydrogens (primary N) is 1. The Morgan fingerprint density at radius 3 is 2.76 bits per heavy atom. The third-order valence-electron chi connectivity index (χ3n) is 3.31. The number of aromatic nitrogens is 3. The third-order valence-corrected chi connectivity index (χ3v) is 4.33. The molecule has 1 aliphatic rings. The van der Waals surface area contributed by atoms with E-state index in [1.807, 2.05) is 6.20 Å². The first-order chi connectivity index (χ1) is 9.84. The van der Waals surface area contributed by atoms with Gasteiger partial charge in [-0.3, -0.25) is 5.32 Å². The van der Waals surface area contributed by atoms with Crippen LogP contribution >= 0.6 is 11.3 Å². The van der Waals surface area contributed by atoms with Gasteiger partial charge in [-0.05, 0) is 18.4 Å². The molecule has 6 nitrogen and oxygen atoms in total. The van der Waals surface area contributed by atoms with Gasteiger partial charge in [0.1, 0.15) is 5.82 Å². The van der Waals surface area contributed by atoms with Gasteiger partial charge in [-0.1, -0.05) is 32.1 Å². The molecule has 2 heterocycles. The van der Waals surface area contributed by atoms with Gasteiger partial charge in [0.2, 0.25) is 0 Å². The zero-order valence-electron chi connectivity index (χ0n) is 12.2. The molecule has 0 saturated heterocycles. The van der Waals surface area contributed by atoms with Crippen LogP contribution in [-0.4, -0.2) is 21.0 Å². The van der Waals surface area contributed by atoms with Crippen LogP contribution in [0, 0.1) is 0 Å². The minimum absolute atomic E-state index is 0.106. The van der Waals surface area contributed by atoms with Gasteiger partial charge in [0.25, 0.3) is 0 Å². The van der Waals surface area contributed by atoms with Crippen molar-refractivity contribution in [2.45, 2.75) is 39.0 Å². The first-order valence-corrected chi connectivity index (χ1v) is 7.59. The quantitative estimate of drug-likeness (QED) is 0.846. The number of carbonyl (C=O) groups is 1. The van der Waals surface area contributed by atoms with Gasteiger partial charge in [0, 0.05) is 11.6 Å². The lowest BCUT2D eigenvalue weighted by atomic mass is 9.94. The third kappa shape index (κ3) is 2.61. The molecule has 0 atom stereocenters. The van der Waals surface area contributed by atoms with Crippen molar-refractivity contribution in [2.75, 3.05) is 5.32 Å². The number of urea groups is 1. The largest absolute Gasteiger partial charge is 0.351 e. The molecule has 7 heteroatoms. The number of hydrogen-bond donors (Lipinski definition) is 2. The predicted octanol–water partition coefficient (Wildman–Crippen LogP) is 2.49. The van der Waals surface area contributed by atoms with E-state index in [0.29, 0.717) is 5.13 Å². The molecule has 3 N–H and O–H groups in total. The molecular weight excluding hydrogens is 286 g/mol. The molecule has 0 saturated carbocycles. The first kappa shape index (κ1) is 13.9. The molecule has 0 unspecified atom stereocenters. The molecule has 0 aliphatic heterocycles. The summed E-state index contributed by atoms with van der Waals surface area (Å²) in [6.45, 7) is 6.27. The van der Waals surface area contributed by atoms with Crippen molar-refractivity contribution in [3.05, 3.63) is 23.3 Å².